The van der Waals surface area contributed by atoms with E-state index in [1.807, 2.05) is 30.6 Å². The zero-order valence-electron chi connectivity index (χ0n) is 13.0. The molecule has 1 atom stereocenters. The van der Waals surface area contributed by atoms with Crippen molar-refractivity contribution in [3.63, 3.8) is 0 Å². The summed E-state index contributed by atoms with van der Waals surface area (Å²) in [4.78, 5) is 6.71. The highest BCUT2D eigenvalue weighted by Gasteiger charge is 2.24. The number of rotatable bonds is 4. The number of nitrogens with zero attached hydrogens (tertiary/aromatic N) is 2. The number of methoxy groups -OCH3 is 1. The minimum absolute atomic E-state index is 0. The van der Waals surface area contributed by atoms with Gasteiger partial charge in [0.1, 0.15) is 5.75 Å². The maximum atomic E-state index is 6.23. The normalized spacial score (nSPS) is 18.3. The molecule has 23 heavy (non-hydrogen) atoms. The standard InChI is InChI=1S/C17H20ClN3O.ClH/c1-22-17-5-4-13(9-15(17)18)12-21-8-7-20-11-16(21)14-3-2-6-19-10-14;/h2-6,9-10,16,20H,7-8,11-12H2,1H3;1H. The first-order valence-electron chi connectivity index (χ1n) is 7.45. The molecule has 0 radical (unpaired) electrons. The minimum Gasteiger partial charge on any atom is -0.495 e. The van der Waals surface area contributed by atoms with Crippen LogP contribution in [-0.4, -0.2) is 36.6 Å². The molecule has 2 heterocycles. The molecule has 0 aliphatic carbocycles. The molecule has 6 heteroatoms. The van der Waals surface area contributed by atoms with Gasteiger partial charge >= 0.3 is 0 Å². The quantitative estimate of drug-likeness (QED) is 0.914. The Hall–Kier alpha value is -1.33. The van der Waals surface area contributed by atoms with Gasteiger partial charge in [-0.15, -0.1) is 12.4 Å². The molecular weight excluding hydrogens is 333 g/mol. The zero-order chi connectivity index (χ0) is 15.4. The van der Waals surface area contributed by atoms with E-state index in [2.05, 4.69) is 27.3 Å². The van der Waals surface area contributed by atoms with Gasteiger partial charge in [0.15, 0.2) is 0 Å². The Balaban J connectivity index is 0.00000192. The SMILES string of the molecule is COc1ccc(CN2CCNCC2c2cccnc2)cc1Cl.Cl. The number of piperazine rings is 1. The van der Waals surface area contributed by atoms with Crippen molar-refractivity contribution in [1.82, 2.24) is 15.2 Å². The summed E-state index contributed by atoms with van der Waals surface area (Å²) in [6, 6.07) is 10.5. The molecule has 4 nitrogen and oxygen atoms in total. The topological polar surface area (TPSA) is 37.4 Å². The number of aromatic nitrogens is 1. The Labute approximate surface area is 148 Å². The van der Waals surface area contributed by atoms with Crippen LogP contribution in [0.5, 0.6) is 5.75 Å². The molecule has 1 aliphatic rings. The number of benzene rings is 1. The largest absolute Gasteiger partial charge is 0.495 e. The molecule has 1 unspecified atom stereocenters. The number of hydrogen-bond donors (Lipinski definition) is 1. The Kier molecular flexibility index (Phi) is 6.66. The van der Waals surface area contributed by atoms with Gasteiger partial charge in [-0.3, -0.25) is 9.88 Å². The van der Waals surface area contributed by atoms with Crippen molar-refractivity contribution in [3.05, 3.63) is 58.9 Å². The summed E-state index contributed by atoms with van der Waals surface area (Å²) < 4.78 is 5.22. The summed E-state index contributed by atoms with van der Waals surface area (Å²) in [7, 11) is 1.63. The highest BCUT2D eigenvalue weighted by molar-refractivity contribution is 6.32. The molecule has 1 aliphatic heterocycles. The summed E-state index contributed by atoms with van der Waals surface area (Å²) in [6.07, 6.45) is 3.76. The van der Waals surface area contributed by atoms with E-state index in [4.69, 9.17) is 16.3 Å². The molecule has 0 spiro atoms. The third kappa shape index (κ3) is 4.36. The van der Waals surface area contributed by atoms with Crippen molar-refractivity contribution >= 4 is 24.0 Å². The van der Waals surface area contributed by atoms with Crippen molar-refractivity contribution in [3.8, 4) is 5.75 Å². The predicted molar refractivity (Wildman–Crippen MR) is 95.5 cm³/mol. The molecule has 0 saturated carbocycles. The van der Waals surface area contributed by atoms with E-state index in [9.17, 15) is 0 Å². The molecule has 1 saturated heterocycles. The van der Waals surface area contributed by atoms with E-state index in [-0.39, 0.29) is 12.4 Å². The first-order chi connectivity index (χ1) is 10.8. The number of pyridine rings is 1. The third-order valence-electron chi connectivity index (χ3n) is 4.03. The molecule has 1 aromatic carbocycles. The maximum Gasteiger partial charge on any atom is 0.137 e. The highest BCUT2D eigenvalue weighted by Crippen LogP contribution is 2.28. The molecule has 124 valence electrons. The van der Waals surface area contributed by atoms with Gasteiger partial charge in [-0.1, -0.05) is 23.7 Å². The number of ether oxygens (including phenoxy) is 1. The minimum atomic E-state index is 0. The van der Waals surface area contributed by atoms with Crippen molar-refractivity contribution < 1.29 is 4.74 Å². The fourth-order valence-corrected chi connectivity index (χ4v) is 3.16. The number of nitrogens with one attached hydrogen (secondary N) is 1. The van der Waals surface area contributed by atoms with Crippen LogP contribution in [-0.2, 0) is 6.54 Å². The van der Waals surface area contributed by atoms with Crippen molar-refractivity contribution in [2.24, 2.45) is 0 Å². The van der Waals surface area contributed by atoms with Crippen LogP contribution in [0.15, 0.2) is 42.7 Å². The molecule has 3 rings (SSSR count). The van der Waals surface area contributed by atoms with Gasteiger partial charge in [-0.25, -0.2) is 0 Å². The Morgan fingerprint density at radius 2 is 2.26 bits per heavy atom. The molecule has 1 fully saturated rings. The Bertz CT molecular complexity index is 624. The van der Waals surface area contributed by atoms with Crippen LogP contribution in [0.25, 0.3) is 0 Å². The molecule has 2 aromatic rings. The lowest BCUT2D eigenvalue weighted by atomic mass is 10.0. The molecule has 1 aromatic heterocycles. The average molecular weight is 354 g/mol. The smallest absolute Gasteiger partial charge is 0.137 e. The van der Waals surface area contributed by atoms with E-state index < -0.39 is 0 Å². The van der Waals surface area contributed by atoms with Crippen LogP contribution in [0.3, 0.4) is 0 Å². The second kappa shape index (κ2) is 8.50. The highest BCUT2D eigenvalue weighted by atomic mass is 35.5. The number of halogens is 2. The second-order valence-electron chi connectivity index (χ2n) is 5.45. The lowest BCUT2D eigenvalue weighted by Gasteiger charge is -2.36. The summed E-state index contributed by atoms with van der Waals surface area (Å²) in [6.45, 7) is 3.81. The van der Waals surface area contributed by atoms with Gasteiger partial charge in [0, 0.05) is 44.6 Å². The van der Waals surface area contributed by atoms with Gasteiger partial charge in [0.25, 0.3) is 0 Å². The summed E-state index contributed by atoms with van der Waals surface area (Å²) in [5, 5.41) is 4.12. The van der Waals surface area contributed by atoms with E-state index >= 15 is 0 Å². The van der Waals surface area contributed by atoms with Crippen molar-refractivity contribution in [1.29, 1.82) is 0 Å². The van der Waals surface area contributed by atoms with Gasteiger partial charge in [0.2, 0.25) is 0 Å². The van der Waals surface area contributed by atoms with Gasteiger partial charge in [-0.2, -0.15) is 0 Å². The summed E-state index contributed by atoms with van der Waals surface area (Å²) in [5.74, 6) is 0.717. The summed E-state index contributed by atoms with van der Waals surface area (Å²) in [5.41, 5.74) is 2.44. The van der Waals surface area contributed by atoms with E-state index in [1.54, 1.807) is 7.11 Å². The monoisotopic (exact) mass is 353 g/mol. The zero-order valence-corrected chi connectivity index (χ0v) is 14.6. The average Bonchev–Trinajstić information content (AvgIpc) is 2.56. The van der Waals surface area contributed by atoms with Crippen LogP contribution in [0.4, 0.5) is 0 Å². The van der Waals surface area contributed by atoms with Gasteiger partial charge in [-0.05, 0) is 29.3 Å². The third-order valence-corrected chi connectivity index (χ3v) is 4.32. The Morgan fingerprint density at radius 1 is 1.39 bits per heavy atom. The fraction of sp³-hybridized carbons (Fsp3) is 0.353. The first kappa shape index (κ1) is 18.0. The Morgan fingerprint density at radius 3 is 2.96 bits per heavy atom. The molecule has 1 N–H and O–H groups in total. The lowest BCUT2D eigenvalue weighted by molar-refractivity contribution is 0.153. The van der Waals surface area contributed by atoms with Crippen LogP contribution >= 0.6 is 24.0 Å². The lowest BCUT2D eigenvalue weighted by Crippen LogP contribution is -2.45. The van der Waals surface area contributed by atoms with Crippen molar-refractivity contribution in [2.75, 3.05) is 26.7 Å². The van der Waals surface area contributed by atoms with E-state index in [0.717, 1.165) is 31.9 Å². The number of hydrogen-bond acceptors (Lipinski definition) is 4. The van der Waals surface area contributed by atoms with E-state index in [1.165, 1.54) is 11.1 Å². The van der Waals surface area contributed by atoms with Gasteiger partial charge in [0.05, 0.1) is 12.1 Å². The van der Waals surface area contributed by atoms with Crippen LogP contribution in [0.1, 0.15) is 17.2 Å². The van der Waals surface area contributed by atoms with Crippen LogP contribution < -0.4 is 10.1 Å². The van der Waals surface area contributed by atoms with Crippen LogP contribution in [0.2, 0.25) is 5.02 Å². The van der Waals surface area contributed by atoms with Crippen LogP contribution in [0, 0.1) is 0 Å². The second-order valence-corrected chi connectivity index (χ2v) is 5.85. The van der Waals surface area contributed by atoms with Gasteiger partial charge < -0.3 is 10.1 Å². The summed E-state index contributed by atoms with van der Waals surface area (Å²) >= 11 is 6.23. The molecule has 0 amide bonds. The first-order valence-corrected chi connectivity index (χ1v) is 7.83. The predicted octanol–water partition coefficient (Wildman–Crippen LogP) is 3.31. The molecule has 0 bridgehead atoms. The maximum absolute atomic E-state index is 6.23. The fourth-order valence-electron chi connectivity index (χ4n) is 2.88. The van der Waals surface area contributed by atoms with E-state index in [0.29, 0.717) is 11.1 Å². The molecular formula is C17H21Cl2N3O. The van der Waals surface area contributed by atoms with Crippen molar-refractivity contribution in [2.45, 2.75) is 12.6 Å².